The molecule has 1 fully saturated rings. The number of carbonyl (C=O) groups excluding carboxylic acids is 1. The Morgan fingerprint density at radius 2 is 1.80 bits per heavy atom. The summed E-state index contributed by atoms with van der Waals surface area (Å²) in [6.07, 6.45) is 0.419. The lowest BCUT2D eigenvalue weighted by Crippen LogP contribution is -2.54. The molecule has 9 nitrogen and oxygen atoms in total. The molecule has 0 aromatic heterocycles. The van der Waals surface area contributed by atoms with Crippen LogP contribution in [0.4, 0.5) is 4.79 Å². The smallest absolute Gasteiger partial charge is 0.409 e. The summed E-state index contributed by atoms with van der Waals surface area (Å²) in [4.78, 5) is 19.8. The zero-order valence-electron chi connectivity index (χ0n) is 15.7. The topological polar surface area (TPSA) is 94.6 Å². The fourth-order valence-electron chi connectivity index (χ4n) is 2.51. The Morgan fingerprint density at radius 3 is 2.32 bits per heavy atom. The van der Waals surface area contributed by atoms with Crippen LogP contribution in [0.25, 0.3) is 0 Å². The molecule has 146 valence electrons. The fraction of sp³-hybridized carbons (Fsp3) is 0.867. The monoisotopic (exact) mass is 377 g/mol. The third-order valence-corrected chi connectivity index (χ3v) is 5.95. The highest BCUT2D eigenvalue weighted by atomic mass is 32.2. The molecule has 0 spiro atoms. The molecule has 10 heteroatoms. The second-order valence-electron chi connectivity index (χ2n) is 5.72. The van der Waals surface area contributed by atoms with Crippen LogP contribution in [0.15, 0.2) is 4.99 Å². The maximum atomic E-state index is 11.7. The van der Waals surface area contributed by atoms with E-state index in [9.17, 15) is 13.2 Å². The Labute approximate surface area is 151 Å². The lowest BCUT2D eigenvalue weighted by molar-refractivity contribution is 0.0914. The average Bonchev–Trinajstić information content (AvgIpc) is 2.62. The second-order valence-corrected chi connectivity index (χ2v) is 8.09. The molecular weight excluding hydrogens is 346 g/mol. The lowest BCUT2D eigenvalue weighted by Gasteiger charge is -2.35. The molecule has 0 aromatic carbocycles. The van der Waals surface area contributed by atoms with Crippen molar-refractivity contribution in [2.75, 3.05) is 65.7 Å². The molecule has 0 radical (unpaired) electrons. The number of amides is 1. The van der Waals surface area contributed by atoms with Gasteiger partial charge in [0.25, 0.3) is 0 Å². The normalized spacial score (nSPS) is 16.3. The van der Waals surface area contributed by atoms with Crippen molar-refractivity contribution >= 4 is 22.1 Å². The van der Waals surface area contributed by atoms with E-state index >= 15 is 0 Å². The quantitative estimate of drug-likeness (QED) is 0.381. The van der Waals surface area contributed by atoms with Gasteiger partial charge in [0.1, 0.15) is 0 Å². The van der Waals surface area contributed by atoms with Gasteiger partial charge in [-0.3, -0.25) is 4.99 Å². The van der Waals surface area contributed by atoms with Crippen molar-refractivity contribution in [2.24, 2.45) is 4.99 Å². The number of aliphatic imine (C=N–C) groups is 1. The Kier molecular flexibility index (Phi) is 8.98. The number of piperazine rings is 1. The third kappa shape index (κ3) is 6.69. The molecule has 0 unspecified atom stereocenters. The minimum Gasteiger partial charge on any atom is -0.450 e. The van der Waals surface area contributed by atoms with Crippen LogP contribution in [0, 0.1) is 0 Å². The van der Waals surface area contributed by atoms with Crippen molar-refractivity contribution in [1.29, 1.82) is 0 Å². The summed E-state index contributed by atoms with van der Waals surface area (Å²) >= 11 is 0. The molecule has 0 aromatic rings. The Morgan fingerprint density at radius 1 is 1.20 bits per heavy atom. The van der Waals surface area contributed by atoms with E-state index in [0.717, 1.165) is 5.96 Å². The van der Waals surface area contributed by atoms with Gasteiger partial charge in [0, 0.05) is 53.4 Å². The van der Waals surface area contributed by atoms with Gasteiger partial charge in [0.15, 0.2) is 5.96 Å². The van der Waals surface area contributed by atoms with Crippen molar-refractivity contribution in [3.63, 3.8) is 0 Å². The van der Waals surface area contributed by atoms with Crippen molar-refractivity contribution in [3.05, 3.63) is 0 Å². The Balaban J connectivity index is 2.35. The van der Waals surface area contributed by atoms with E-state index < -0.39 is 10.0 Å². The van der Waals surface area contributed by atoms with E-state index in [0.29, 0.717) is 52.3 Å². The van der Waals surface area contributed by atoms with Crippen LogP contribution in [-0.4, -0.2) is 100 Å². The third-order valence-electron chi connectivity index (χ3n) is 4.09. The lowest BCUT2D eigenvalue weighted by atomic mass is 10.3. The largest absolute Gasteiger partial charge is 0.450 e. The number of sulfonamides is 1. The van der Waals surface area contributed by atoms with Crippen molar-refractivity contribution < 1.29 is 17.9 Å². The van der Waals surface area contributed by atoms with Crippen LogP contribution in [0.5, 0.6) is 0 Å². The number of hydrogen-bond donors (Lipinski definition) is 1. The van der Waals surface area contributed by atoms with Crippen LogP contribution in [-0.2, 0) is 14.8 Å². The number of nitrogens with one attached hydrogen (secondary N) is 1. The van der Waals surface area contributed by atoms with Gasteiger partial charge in [-0.1, -0.05) is 0 Å². The van der Waals surface area contributed by atoms with Gasteiger partial charge in [0.2, 0.25) is 10.0 Å². The molecule has 0 saturated carbocycles. The molecule has 1 rings (SSSR count). The van der Waals surface area contributed by atoms with Crippen molar-refractivity contribution in [1.82, 2.24) is 19.4 Å². The molecule has 1 N–H and O–H groups in total. The Hall–Kier alpha value is -1.55. The van der Waals surface area contributed by atoms with E-state index in [4.69, 9.17) is 4.74 Å². The first-order chi connectivity index (χ1) is 11.9. The minimum atomic E-state index is -3.13. The number of ether oxygens (including phenoxy) is 1. The first-order valence-electron chi connectivity index (χ1n) is 8.67. The predicted molar refractivity (Wildman–Crippen MR) is 98.2 cm³/mol. The summed E-state index contributed by atoms with van der Waals surface area (Å²) in [5.74, 6) is 0.882. The number of rotatable bonds is 7. The van der Waals surface area contributed by atoms with Crippen LogP contribution >= 0.6 is 0 Å². The van der Waals surface area contributed by atoms with Crippen molar-refractivity contribution in [2.45, 2.75) is 20.3 Å². The van der Waals surface area contributed by atoms with E-state index in [2.05, 4.69) is 15.2 Å². The zero-order chi connectivity index (χ0) is 18.9. The first kappa shape index (κ1) is 21.5. The molecule has 1 saturated heterocycles. The molecule has 1 aliphatic rings. The molecular formula is C15H31N5O4S. The molecule has 0 aliphatic carbocycles. The van der Waals surface area contributed by atoms with Gasteiger partial charge in [-0.25, -0.2) is 17.5 Å². The van der Waals surface area contributed by atoms with Crippen LogP contribution in [0.3, 0.4) is 0 Å². The van der Waals surface area contributed by atoms with Gasteiger partial charge in [-0.05, 0) is 20.3 Å². The Bertz CT molecular complexity index is 544. The van der Waals surface area contributed by atoms with Crippen molar-refractivity contribution in [3.8, 4) is 0 Å². The average molecular weight is 378 g/mol. The van der Waals surface area contributed by atoms with Crippen LogP contribution < -0.4 is 5.32 Å². The highest BCUT2D eigenvalue weighted by molar-refractivity contribution is 7.89. The molecule has 1 aliphatic heterocycles. The minimum absolute atomic E-state index is 0.114. The van der Waals surface area contributed by atoms with Crippen LogP contribution in [0.2, 0.25) is 0 Å². The summed E-state index contributed by atoms with van der Waals surface area (Å²) in [5, 5.41) is 3.25. The van der Waals surface area contributed by atoms with Gasteiger partial charge >= 0.3 is 6.09 Å². The molecule has 1 heterocycles. The highest BCUT2D eigenvalue weighted by Crippen LogP contribution is 2.04. The summed E-state index contributed by atoms with van der Waals surface area (Å²) in [6.45, 7) is 7.47. The molecule has 0 bridgehead atoms. The summed E-state index contributed by atoms with van der Waals surface area (Å²) in [6, 6.07) is 0. The van der Waals surface area contributed by atoms with E-state index in [1.54, 1.807) is 32.8 Å². The maximum Gasteiger partial charge on any atom is 0.409 e. The zero-order valence-corrected chi connectivity index (χ0v) is 16.5. The molecule has 1 amide bonds. The van der Waals surface area contributed by atoms with Gasteiger partial charge in [-0.15, -0.1) is 0 Å². The number of hydrogen-bond acceptors (Lipinski definition) is 5. The standard InChI is InChI=1S/C15H31N5O4S/c1-5-24-15(21)20-12-10-19(11-13-20)14(16-3)17-8-7-9-18(4)25(22,23)6-2/h5-13H2,1-4H3,(H,16,17). The van der Waals surface area contributed by atoms with Gasteiger partial charge < -0.3 is 19.9 Å². The maximum absolute atomic E-state index is 11.7. The van der Waals surface area contributed by atoms with E-state index in [-0.39, 0.29) is 11.8 Å². The van der Waals surface area contributed by atoms with Crippen LogP contribution in [0.1, 0.15) is 20.3 Å². The SMILES string of the molecule is CCOC(=O)N1CCN(C(=NC)NCCCN(C)S(=O)(=O)CC)CC1. The summed E-state index contributed by atoms with van der Waals surface area (Å²) in [7, 11) is 0.187. The number of nitrogens with zero attached hydrogens (tertiary/aromatic N) is 4. The molecule has 25 heavy (non-hydrogen) atoms. The predicted octanol–water partition coefficient (Wildman–Crippen LogP) is 0.00750. The summed E-state index contributed by atoms with van der Waals surface area (Å²) in [5.41, 5.74) is 0. The second kappa shape index (κ2) is 10.4. The summed E-state index contributed by atoms with van der Waals surface area (Å²) < 4.78 is 29.8. The molecule has 0 atom stereocenters. The van der Waals surface area contributed by atoms with E-state index in [1.165, 1.54) is 4.31 Å². The first-order valence-corrected chi connectivity index (χ1v) is 10.3. The van der Waals surface area contributed by atoms with E-state index in [1.807, 2.05) is 0 Å². The number of guanidine groups is 1. The van der Waals surface area contributed by atoms with Gasteiger partial charge in [0.05, 0.1) is 12.4 Å². The highest BCUT2D eigenvalue weighted by Gasteiger charge is 2.23. The fourth-order valence-corrected chi connectivity index (χ4v) is 3.36. The van der Waals surface area contributed by atoms with Gasteiger partial charge in [-0.2, -0.15) is 0 Å². The number of carbonyl (C=O) groups is 1.